The molecule has 0 saturated carbocycles. The highest BCUT2D eigenvalue weighted by Crippen LogP contribution is 2.43. The smallest absolute Gasteiger partial charge is 0.323 e. The van der Waals surface area contributed by atoms with Crippen LogP contribution in [0.3, 0.4) is 0 Å². The highest BCUT2D eigenvalue weighted by Gasteiger charge is 2.59. The standard InChI is InChI=1S/C23H20ClF4N5O/c1-14(2)21(29-11-15(3)16-4-6-17(24)7-5-16)23(27,28)22(34,12-33-13-30-31-32-33)19-9-8-18(25)10-20(19)26/h4-11,13,34H,1,12H2,2-3H3/b15-11+,29-21+. The molecular weight excluding hydrogens is 474 g/mol. The molecule has 1 N–H and O–H groups in total. The van der Waals surface area contributed by atoms with E-state index in [2.05, 4.69) is 27.1 Å². The molecule has 3 aromatic rings. The Hall–Kier alpha value is -3.37. The van der Waals surface area contributed by atoms with E-state index in [0.29, 0.717) is 22.2 Å². The van der Waals surface area contributed by atoms with Gasteiger partial charge in [0.1, 0.15) is 23.7 Å². The van der Waals surface area contributed by atoms with Crippen LogP contribution in [0.25, 0.3) is 5.57 Å². The van der Waals surface area contributed by atoms with Gasteiger partial charge in [0.15, 0.2) is 5.60 Å². The van der Waals surface area contributed by atoms with Crippen LogP contribution in [0, 0.1) is 11.6 Å². The van der Waals surface area contributed by atoms with Crippen LogP contribution in [-0.2, 0) is 12.1 Å². The van der Waals surface area contributed by atoms with E-state index in [9.17, 15) is 13.9 Å². The van der Waals surface area contributed by atoms with Crippen molar-refractivity contribution in [2.24, 2.45) is 4.99 Å². The molecule has 0 amide bonds. The Morgan fingerprint density at radius 3 is 2.41 bits per heavy atom. The highest BCUT2D eigenvalue weighted by atomic mass is 35.5. The van der Waals surface area contributed by atoms with Gasteiger partial charge in [-0.1, -0.05) is 30.3 Å². The fourth-order valence-electron chi connectivity index (χ4n) is 3.27. The number of allylic oxidation sites excluding steroid dienone is 2. The zero-order valence-electron chi connectivity index (χ0n) is 18.2. The number of tetrazole rings is 1. The average molecular weight is 494 g/mol. The lowest BCUT2D eigenvalue weighted by atomic mass is 9.82. The van der Waals surface area contributed by atoms with Crippen molar-refractivity contribution in [3.63, 3.8) is 0 Å². The second-order valence-electron chi connectivity index (χ2n) is 7.64. The minimum atomic E-state index is -4.21. The third-order valence-electron chi connectivity index (χ3n) is 5.07. The third-order valence-corrected chi connectivity index (χ3v) is 5.32. The van der Waals surface area contributed by atoms with Crippen molar-refractivity contribution >= 4 is 22.9 Å². The lowest BCUT2D eigenvalue weighted by Crippen LogP contribution is -2.54. The molecule has 0 aliphatic rings. The monoisotopic (exact) mass is 493 g/mol. The molecule has 34 heavy (non-hydrogen) atoms. The maximum absolute atomic E-state index is 16.0. The van der Waals surface area contributed by atoms with Crippen LogP contribution >= 0.6 is 11.6 Å². The van der Waals surface area contributed by atoms with Crippen molar-refractivity contribution in [3.05, 3.63) is 94.9 Å². The Bertz CT molecular complexity index is 1240. The first-order chi connectivity index (χ1) is 16.0. The van der Waals surface area contributed by atoms with E-state index >= 15 is 8.78 Å². The second-order valence-corrected chi connectivity index (χ2v) is 8.08. The Morgan fingerprint density at radius 2 is 1.85 bits per heavy atom. The molecule has 0 spiro atoms. The lowest BCUT2D eigenvalue weighted by molar-refractivity contribution is -0.154. The Morgan fingerprint density at radius 1 is 1.18 bits per heavy atom. The number of halogens is 5. The molecule has 0 aliphatic heterocycles. The number of aliphatic hydroxyl groups is 1. The van der Waals surface area contributed by atoms with Gasteiger partial charge in [0.25, 0.3) is 0 Å². The third kappa shape index (κ3) is 5.07. The van der Waals surface area contributed by atoms with Gasteiger partial charge in [-0.2, -0.15) is 8.78 Å². The Balaban J connectivity index is 2.15. The summed E-state index contributed by atoms with van der Waals surface area (Å²) in [7, 11) is 0. The average Bonchev–Trinajstić information content (AvgIpc) is 3.26. The predicted molar refractivity (Wildman–Crippen MR) is 120 cm³/mol. The zero-order valence-corrected chi connectivity index (χ0v) is 18.9. The van der Waals surface area contributed by atoms with Gasteiger partial charge in [0, 0.05) is 22.9 Å². The fourth-order valence-corrected chi connectivity index (χ4v) is 3.40. The molecular formula is C23H20ClF4N5O. The van der Waals surface area contributed by atoms with Gasteiger partial charge in [-0.05, 0) is 65.2 Å². The predicted octanol–water partition coefficient (Wildman–Crippen LogP) is 5.21. The van der Waals surface area contributed by atoms with E-state index in [1.807, 2.05) is 0 Å². The fraction of sp³-hybridized carbons (Fsp3) is 0.217. The van der Waals surface area contributed by atoms with Gasteiger partial charge < -0.3 is 5.11 Å². The SMILES string of the molecule is C=C(C)/C(=N\C=C(/C)c1ccc(Cl)cc1)C(F)(F)C(O)(Cn1cnnn1)c1ccc(F)cc1F. The lowest BCUT2D eigenvalue weighted by Gasteiger charge is -2.37. The second kappa shape index (κ2) is 9.86. The molecule has 1 unspecified atom stereocenters. The maximum atomic E-state index is 16.0. The van der Waals surface area contributed by atoms with E-state index in [0.717, 1.165) is 23.1 Å². The number of aromatic nitrogens is 4. The largest absolute Gasteiger partial charge is 0.377 e. The topological polar surface area (TPSA) is 76.2 Å². The maximum Gasteiger partial charge on any atom is 0.323 e. The van der Waals surface area contributed by atoms with Gasteiger partial charge in [-0.3, -0.25) is 4.99 Å². The van der Waals surface area contributed by atoms with Crippen LogP contribution in [-0.4, -0.2) is 36.9 Å². The molecule has 0 aliphatic carbocycles. The molecule has 1 atom stereocenters. The summed E-state index contributed by atoms with van der Waals surface area (Å²) >= 11 is 5.88. The summed E-state index contributed by atoms with van der Waals surface area (Å²) in [5, 5.41) is 22.0. The molecule has 1 heterocycles. The molecule has 11 heteroatoms. The number of hydrogen-bond donors (Lipinski definition) is 1. The highest BCUT2D eigenvalue weighted by molar-refractivity contribution is 6.30. The normalized spacial score (nSPS) is 14.7. The summed E-state index contributed by atoms with van der Waals surface area (Å²) in [6.07, 6.45) is 2.16. The van der Waals surface area contributed by atoms with E-state index in [4.69, 9.17) is 11.6 Å². The minimum Gasteiger partial charge on any atom is -0.377 e. The van der Waals surface area contributed by atoms with Gasteiger partial charge >= 0.3 is 5.92 Å². The molecule has 1 aromatic heterocycles. The number of hydrogen-bond acceptors (Lipinski definition) is 5. The first-order valence-electron chi connectivity index (χ1n) is 9.89. The molecule has 0 bridgehead atoms. The van der Waals surface area contributed by atoms with Crippen molar-refractivity contribution in [2.45, 2.75) is 31.9 Å². The van der Waals surface area contributed by atoms with Gasteiger partial charge in [-0.25, -0.2) is 13.5 Å². The van der Waals surface area contributed by atoms with Crippen LogP contribution in [0.4, 0.5) is 17.6 Å². The van der Waals surface area contributed by atoms with E-state index in [1.54, 1.807) is 31.2 Å². The van der Waals surface area contributed by atoms with Crippen molar-refractivity contribution in [3.8, 4) is 0 Å². The van der Waals surface area contributed by atoms with Crippen molar-refractivity contribution in [1.29, 1.82) is 0 Å². The number of nitrogens with zero attached hydrogens (tertiary/aromatic N) is 5. The summed E-state index contributed by atoms with van der Waals surface area (Å²) in [4.78, 5) is 3.92. The quantitative estimate of drug-likeness (QED) is 0.345. The molecule has 178 valence electrons. The van der Waals surface area contributed by atoms with E-state index in [-0.39, 0.29) is 5.57 Å². The van der Waals surface area contributed by atoms with Crippen LogP contribution < -0.4 is 0 Å². The van der Waals surface area contributed by atoms with Gasteiger partial charge in [-0.15, -0.1) is 5.10 Å². The number of aliphatic imine (C=N–C) groups is 1. The summed E-state index contributed by atoms with van der Waals surface area (Å²) in [5.74, 6) is -6.57. The molecule has 0 fully saturated rings. The van der Waals surface area contributed by atoms with Crippen LogP contribution in [0.1, 0.15) is 25.0 Å². The molecule has 2 aromatic carbocycles. The minimum absolute atomic E-state index is 0.178. The molecule has 0 saturated heterocycles. The van der Waals surface area contributed by atoms with Crippen molar-refractivity contribution in [1.82, 2.24) is 20.2 Å². The van der Waals surface area contributed by atoms with Crippen LogP contribution in [0.15, 0.2) is 72.1 Å². The summed E-state index contributed by atoms with van der Waals surface area (Å²) < 4.78 is 61.0. The number of rotatable bonds is 8. The van der Waals surface area contributed by atoms with Crippen LogP contribution in [0.5, 0.6) is 0 Å². The van der Waals surface area contributed by atoms with Crippen LogP contribution in [0.2, 0.25) is 5.02 Å². The van der Waals surface area contributed by atoms with Crippen molar-refractivity contribution in [2.75, 3.05) is 0 Å². The summed E-state index contributed by atoms with van der Waals surface area (Å²) in [6, 6.07) is 8.55. The Labute approximate surface area is 197 Å². The van der Waals surface area contributed by atoms with Gasteiger partial charge in [0.2, 0.25) is 0 Å². The summed E-state index contributed by atoms with van der Waals surface area (Å²) in [5.41, 5.74) is -4.00. The van der Waals surface area contributed by atoms with E-state index in [1.165, 1.54) is 13.1 Å². The number of alkyl halides is 2. The van der Waals surface area contributed by atoms with Gasteiger partial charge in [0.05, 0.1) is 6.54 Å². The molecule has 3 rings (SSSR count). The number of benzene rings is 2. The molecule has 0 radical (unpaired) electrons. The summed E-state index contributed by atoms with van der Waals surface area (Å²) in [6.45, 7) is 5.52. The molecule has 6 nitrogen and oxygen atoms in total. The van der Waals surface area contributed by atoms with Crippen molar-refractivity contribution < 1.29 is 22.7 Å². The Kier molecular flexibility index (Phi) is 7.32. The first-order valence-corrected chi connectivity index (χ1v) is 10.3. The first kappa shape index (κ1) is 25.3. The van der Waals surface area contributed by atoms with E-state index < -0.39 is 41.0 Å². The zero-order chi connectivity index (χ0) is 25.1.